The molecule has 0 radical (unpaired) electrons. The summed E-state index contributed by atoms with van der Waals surface area (Å²) in [7, 11) is 3.31. The van der Waals surface area contributed by atoms with Gasteiger partial charge in [0.2, 0.25) is 5.75 Å². The number of nitrogens with two attached hydrogens (primary N) is 1. The first-order chi connectivity index (χ1) is 10.5. The number of benzene rings is 1. The molecular weight excluding hydrogens is 280 g/mol. The minimum atomic E-state index is 0.236. The Hall–Kier alpha value is -1.46. The first-order valence-electron chi connectivity index (χ1n) is 7.85. The van der Waals surface area contributed by atoms with Gasteiger partial charge in [-0.3, -0.25) is 4.90 Å². The molecule has 0 saturated carbocycles. The van der Waals surface area contributed by atoms with Crippen molar-refractivity contribution in [2.45, 2.75) is 26.8 Å². The smallest absolute Gasteiger partial charge is 0.203 e. The standard InChI is InChI=1S/C17H28N2O3/c1-5-22-16-14(20-3)8-13(9-15(16)21-4)10-19-7-6-17(2,11-18)12-19/h8-9H,5-7,10-12,18H2,1-4H3. The lowest BCUT2D eigenvalue weighted by Crippen LogP contribution is -2.31. The molecule has 0 bridgehead atoms. The Bertz CT molecular complexity index is 482. The molecule has 1 heterocycles. The van der Waals surface area contributed by atoms with Crippen molar-refractivity contribution >= 4 is 0 Å². The highest BCUT2D eigenvalue weighted by molar-refractivity contribution is 5.53. The lowest BCUT2D eigenvalue weighted by molar-refractivity contribution is 0.270. The maximum absolute atomic E-state index is 5.88. The van der Waals surface area contributed by atoms with Crippen LogP contribution in [0, 0.1) is 5.41 Å². The quantitative estimate of drug-likeness (QED) is 0.837. The van der Waals surface area contributed by atoms with Gasteiger partial charge in [-0.1, -0.05) is 6.92 Å². The number of ether oxygens (including phenoxy) is 3. The van der Waals surface area contributed by atoms with Gasteiger partial charge in [-0.05, 0) is 49.5 Å². The number of rotatable bonds is 7. The molecule has 1 aromatic rings. The van der Waals surface area contributed by atoms with Crippen LogP contribution in [0.5, 0.6) is 17.2 Å². The normalized spacial score (nSPS) is 21.9. The SMILES string of the molecule is CCOc1c(OC)cc(CN2CCC(C)(CN)C2)cc1OC. The summed E-state index contributed by atoms with van der Waals surface area (Å²) >= 11 is 0. The van der Waals surface area contributed by atoms with Gasteiger partial charge in [-0.2, -0.15) is 0 Å². The second-order valence-corrected chi connectivity index (χ2v) is 6.24. The van der Waals surface area contributed by atoms with Gasteiger partial charge in [-0.15, -0.1) is 0 Å². The van der Waals surface area contributed by atoms with E-state index in [1.165, 1.54) is 5.56 Å². The maximum atomic E-state index is 5.88. The van der Waals surface area contributed by atoms with Crippen LogP contribution >= 0.6 is 0 Å². The summed E-state index contributed by atoms with van der Waals surface area (Å²) in [6.07, 6.45) is 1.15. The molecule has 1 saturated heterocycles. The minimum absolute atomic E-state index is 0.236. The fourth-order valence-corrected chi connectivity index (χ4v) is 3.00. The Kier molecular flexibility index (Phi) is 5.53. The molecule has 1 atom stereocenters. The lowest BCUT2D eigenvalue weighted by Gasteiger charge is -2.23. The van der Waals surface area contributed by atoms with Crippen LogP contribution in [0.3, 0.4) is 0 Å². The summed E-state index contributed by atoms with van der Waals surface area (Å²) in [5.74, 6) is 2.11. The number of methoxy groups -OCH3 is 2. The maximum Gasteiger partial charge on any atom is 0.203 e. The van der Waals surface area contributed by atoms with E-state index >= 15 is 0 Å². The van der Waals surface area contributed by atoms with Gasteiger partial charge in [0.1, 0.15) is 0 Å². The summed E-state index contributed by atoms with van der Waals surface area (Å²) < 4.78 is 16.6. The summed E-state index contributed by atoms with van der Waals surface area (Å²) in [6, 6.07) is 4.07. The van der Waals surface area contributed by atoms with Gasteiger partial charge in [0, 0.05) is 13.1 Å². The predicted octanol–water partition coefficient (Wildman–Crippen LogP) is 2.27. The van der Waals surface area contributed by atoms with E-state index < -0.39 is 0 Å². The predicted molar refractivity (Wildman–Crippen MR) is 87.8 cm³/mol. The molecule has 124 valence electrons. The Labute approximate surface area is 133 Å². The summed E-state index contributed by atoms with van der Waals surface area (Å²) in [5, 5.41) is 0. The largest absolute Gasteiger partial charge is 0.493 e. The molecule has 0 spiro atoms. The zero-order valence-electron chi connectivity index (χ0n) is 14.1. The molecule has 2 N–H and O–H groups in total. The van der Waals surface area contributed by atoms with Gasteiger partial charge < -0.3 is 19.9 Å². The van der Waals surface area contributed by atoms with Gasteiger partial charge in [0.05, 0.1) is 20.8 Å². The number of nitrogens with zero attached hydrogens (tertiary/aromatic N) is 1. The highest BCUT2D eigenvalue weighted by Crippen LogP contribution is 2.39. The van der Waals surface area contributed by atoms with E-state index in [-0.39, 0.29) is 5.41 Å². The molecule has 1 unspecified atom stereocenters. The van der Waals surface area contributed by atoms with E-state index in [1.807, 2.05) is 19.1 Å². The molecule has 0 amide bonds. The van der Waals surface area contributed by atoms with E-state index in [1.54, 1.807) is 14.2 Å². The van der Waals surface area contributed by atoms with Crippen molar-refractivity contribution in [3.63, 3.8) is 0 Å². The van der Waals surface area contributed by atoms with E-state index in [4.69, 9.17) is 19.9 Å². The van der Waals surface area contributed by atoms with Crippen LogP contribution in [0.4, 0.5) is 0 Å². The van der Waals surface area contributed by atoms with E-state index in [2.05, 4.69) is 11.8 Å². The van der Waals surface area contributed by atoms with Gasteiger partial charge in [0.15, 0.2) is 11.5 Å². The van der Waals surface area contributed by atoms with Crippen molar-refractivity contribution in [2.24, 2.45) is 11.1 Å². The molecule has 2 rings (SSSR count). The van der Waals surface area contributed by atoms with Crippen LogP contribution in [0.25, 0.3) is 0 Å². The molecule has 1 fully saturated rings. The Morgan fingerprint density at radius 3 is 2.32 bits per heavy atom. The van der Waals surface area contributed by atoms with Crippen LogP contribution in [0.1, 0.15) is 25.8 Å². The summed E-state index contributed by atoms with van der Waals surface area (Å²) in [4.78, 5) is 2.43. The molecule has 1 aliphatic rings. The highest BCUT2D eigenvalue weighted by atomic mass is 16.5. The van der Waals surface area contributed by atoms with Gasteiger partial charge in [-0.25, -0.2) is 0 Å². The monoisotopic (exact) mass is 308 g/mol. The number of likely N-dealkylation sites (tertiary alicyclic amines) is 1. The lowest BCUT2D eigenvalue weighted by atomic mass is 9.90. The van der Waals surface area contributed by atoms with Gasteiger partial charge in [0.25, 0.3) is 0 Å². The molecular formula is C17H28N2O3. The number of hydrogen-bond donors (Lipinski definition) is 1. The third-order valence-corrected chi connectivity index (χ3v) is 4.34. The summed E-state index contributed by atoms with van der Waals surface area (Å²) in [6.45, 7) is 8.49. The van der Waals surface area contributed by atoms with Crippen molar-refractivity contribution in [1.29, 1.82) is 0 Å². The Morgan fingerprint density at radius 2 is 1.86 bits per heavy atom. The molecule has 5 heteroatoms. The molecule has 1 aromatic carbocycles. The fraction of sp³-hybridized carbons (Fsp3) is 0.647. The third kappa shape index (κ3) is 3.65. The van der Waals surface area contributed by atoms with Crippen molar-refractivity contribution in [1.82, 2.24) is 4.90 Å². The second kappa shape index (κ2) is 7.20. The zero-order valence-corrected chi connectivity index (χ0v) is 14.1. The number of hydrogen-bond acceptors (Lipinski definition) is 5. The highest BCUT2D eigenvalue weighted by Gasteiger charge is 2.32. The van der Waals surface area contributed by atoms with Crippen molar-refractivity contribution in [3.8, 4) is 17.2 Å². The average Bonchev–Trinajstić information content (AvgIpc) is 2.90. The van der Waals surface area contributed by atoms with Crippen LogP contribution < -0.4 is 19.9 Å². The molecule has 1 aliphatic heterocycles. The van der Waals surface area contributed by atoms with Crippen molar-refractivity contribution in [3.05, 3.63) is 17.7 Å². The van der Waals surface area contributed by atoms with Gasteiger partial charge >= 0.3 is 0 Å². The van der Waals surface area contributed by atoms with Crippen LogP contribution in [-0.2, 0) is 6.54 Å². The third-order valence-electron chi connectivity index (χ3n) is 4.34. The fourth-order valence-electron chi connectivity index (χ4n) is 3.00. The Morgan fingerprint density at radius 1 is 1.23 bits per heavy atom. The van der Waals surface area contributed by atoms with E-state index in [0.29, 0.717) is 12.4 Å². The van der Waals surface area contributed by atoms with Crippen molar-refractivity contribution < 1.29 is 14.2 Å². The van der Waals surface area contributed by atoms with E-state index in [9.17, 15) is 0 Å². The van der Waals surface area contributed by atoms with Crippen LogP contribution in [0.15, 0.2) is 12.1 Å². The zero-order chi connectivity index (χ0) is 16.2. The van der Waals surface area contributed by atoms with Crippen LogP contribution in [-0.4, -0.2) is 45.4 Å². The topological polar surface area (TPSA) is 57.0 Å². The Balaban J connectivity index is 2.18. The minimum Gasteiger partial charge on any atom is -0.493 e. The van der Waals surface area contributed by atoms with Crippen LogP contribution in [0.2, 0.25) is 0 Å². The average molecular weight is 308 g/mol. The first-order valence-corrected chi connectivity index (χ1v) is 7.85. The van der Waals surface area contributed by atoms with Crippen molar-refractivity contribution in [2.75, 3.05) is 40.5 Å². The first kappa shape index (κ1) is 16.9. The molecule has 0 aliphatic carbocycles. The van der Waals surface area contributed by atoms with E-state index in [0.717, 1.165) is 44.1 Å². The molecule has 22 heavy (non-hydrogen) atoms. The molecule has 5 nitrogen and oxygen atoms in total. The summed E-state index contributed by atoms with van der Waals surface area (Å²) in [5.41, 5.74) is 7.29. The second-order valence-electron chi connectivity index (χ2n) is 6.24. The molecule has 0 aromatic heterocycles.